The SMILES string of the molecule is NNC(c1ccccn1)C1CCOC2(CCSC2)C1. The van der Waals surface area contributed by atoms with Crippen molar-refractivity contribution >= 4 is 11.8 Å². The van der Waals surface area contributed by atoms with Crippen LogP contribution in [0.4, 0.5) is 0 Å². The van der Waals surface area contributed by atoms with Crippen molar-refractivity contribution in [1.82, 2.24) is 10.4 Å². The number of hydrogen-bond donors (Lipinski definition) is 2. The van der Waals surface area contributed by atoms with Gasteiger partial charge in [0.15, 0.2) is 0 Å². The van der Waals surface area contributed by atoms with Gasteiger partial charge in [0.2, 0.25) is 0 Å². The number of nitrogens with two attached hydrogens (primary N) is 1. The van der Waals surface area contributed by atoms with E-state index >= 15 is 0 Å². The summed E-state index contributed by atoms with van der Waals surface area (Å²) in [6, 6.07) is 6.15. The highest BCUT2D eigenvalue weighted by Gasteiger charge is 2.42. The molecule has 1 spiro atoms. The lowest BCUT2D eigenvalue weighted by Gasteiger charge is -2.40. The Morgan fingerprint density at radius 2 is 2.47 bits per heavy atom. The van der Waals surface area contributed by atoms with E-state index in [1.165, 1.54) is 12.2 Å². The van der Waals surface area contributed by atoms with Crippen LogP contribution < -0.4 is 11.3 Å². The fourth-order valence-electron chi connectivity index (χ4n) is 3.24. The summed E-state index contributed by atoms with van der Waals surface area (Å²) in [5.74, 6) is 8.64. The predicted octanol–water partition coefficient (Wildman–Crippen LogP) is 1.89. The molecule has 2 fully saturated rings. The molecule has 0 radical (unpaired) electrons. The van der Waals surface area contributed by atoms with Crippen molar-refractivity contribution < 1.29 is 4.74 Å². The average molecular weight is 279 g/mol. The van der Waals surface area contributed by atoms with Crippen LogP contribution in [0.5, 0.6) is 0 Å². The first-order chi connectivity index (χ1) is 9.33. The standard InChI is InChI=1S/C14H21N3OS/c15-17-13(12-3-1-2-6-16-12)11-4-7-18-14(9-11)5-8-19-10-14/h1-3,6,11,13,17H,4-5,7-10,15H2. The fraction of sp³-hybridized carbons (Fsp3) is 0.643. The summed E-state index contributed by atoms with van der Waals surface area (Å²) in [6.45, 7) is 0.843. The Morgan fingerprint density at radius 1 is 1.53 bits per heavy atom. The molecule has 2 aliphatic rings. The van der Waals surface area contributed by atoms with E-state index in [0.717, 1.165) is 30.9 Å². The van der Waals surface area contributed by atoms with Crippen LogP contribution in [0.3, 0.4) is 0 Å². The topological polar surface area (TPSA) is 60.2 Å². The van der Waals surface area contributed by atoms with Crippen molar-refractivity contribution in [3.63, 3.8) is 0 Å². The van der Waals surface area contributed by atoms with Crippen LogP contribution in [0, 0.1) is 5.92 Å². The van der Waals surface area contributed by atoms with Crippen molar-refractivity contribution in [2.45, 2.75) is 30.9 Å². The quantitative estimate of drug-likeness (QED) is 0.653. The minimum atomic E-state index is 0.0947. The van der Waals surface area contributed by atoms with Crippen LogP contribution in [0.1, 0.15) is 31.0 Å². The largest absolute Gasteiger partial charge is 0.374 e. The van der Waals surface area contributed by atoms with Crippen LogP contribution in [-0.4, -0.2) is 28.7 Å². The van der Waals surface area contributed by atoms with Gasteiger partial charge >= 0.3 is 0 Å². The summed E-state index contributed by atoms with van der Waals surface area (Å²) >= 11 is 2.00. The second-order valence-corrected chi connectivity index (χ2v) is 6.59. The molecule has 0 amide bonds. The number of hydrogen-bond acceptors (Lipinski definition) is 5. The molecule has 0 saturated carbocycles. The zero-order valence-corrected chi connectivity index (χ0v) is 11.9. The lowest BCUT2D eigenvalue weighted by atomic mass is 9.80. The molecule has 104 valence electrons. The molecule has 0 bridgehead atoms. The van der Waals surface area contributed by atoms with Crippen LogP contribution in [0.2, 0.25) is 0 Å². The molecule has 19 heavy (non-hydrogen) atoms. The Labute approximate surface area is 118 Å². The zero-order valence-electron chi connectivity index (χ0n) is 11.0. The third kappa shape index (κ3) is 2.79. The van der Waals surface area contributed by atoms with Gasteiger partial charge in [-0.2, -0.15) is 11.8 Å². The van der Waals surface area contributed by atoms with Gasteiger partial charge in [-0.15, -0.1) is 0 Å². The third-order valence-electron chi connectivity index (χ3n) is 4.26. The van der Waals surface area contributed by atoms with Crippen LogP contribution in [-0.2, 0) is 4.74 Å². The van der Waals surface area contributed by atoms with Gasteiger partial charge in [-0.1, -0.05) is 6.07 Å². The van der Waals surface area contributed by atoms with Gasteiger partial charge in [-0.3, -0.25) is 16.3 Å². The summed E-state index contributed by atoms with van der Waals surface area (Å²) in [5, 5.41) is 0. The maximum Gasteiger partial charge on any atom is 0.0783 e. The molecule has 3 rings (SSSR count). The Bertz CT molecular complexity index is 408. The number of nitrogens with one attached hydrogen (secondary N) is 1. The molecule has 1 aromatic heterocycles. The molecule has 1 aromatic rings. The van der Waals surface area contributed by atoms with E-state index in [9.17, 15) is 0 Å². The molecule has 0 aromatic carbocycles. The van der Waals surface area contributed by atoms with E-state index in [4.69, 9.17) is 10.6 Å². The summed E-state index contributed by atoms with van der Waals surface area (Å²) in [6.07, 6.45) is 5.15. The molecule has 3 N–H and O–H groups in total. The van der Waals surface area contributed by atoms with Crippen LogP contribution in [0.25, 0.3) is 0 Å². The Balaban J connectivity index is 1.76. The minimum absolute atomic E-state index is 0.0947. The lowest BCUT2D eigenvalue weighted by molar-refractivity contribution is -0.0856. The molecule has 3 atom stereocenters. The van der Waals surface area contributed by atoms with Crippen molar-refractivity contribution in [3.8, 4) is 0 Å². The van der Waals surface area contributed by atoms with Crippen molar-refractivity contribution in [1.29, 1.82) is 0 Å². The summed E-state index contributed by atoms with van der Waals surface area (Å²) in [5.41, 5.74) is 4.10. The van der Waals surface area contributed by atoms with Gasteiger partial charge in [-0.05, 0) is 43.1 Å². The smallest absolute Gasteiger partial charge is 0.0783 e. The normalized spacial score (nSPS) is 32.6. The number of pyridine rings is 1. The van der Waals surface area contributed by atoms with Gasteiger partial charge in [0.1, 0.15) is 0 Å². The molecular formula is C14H21N3OS. The maximum atomic E-state index is 6.08. The Hall–Kier alpha value is -0.620. The monoisotopic (exact) mass is 279 g/mol. The average Bonchev–Trinajstić information content (AvgIpc) is 2.89. The number of ether oxygens (including phenoxy) is 1. The first-order valence-corrected chi connectivity index (χ1v) is 8.07. The minimum Gasteiger partial charge on any atom is -0.374 e. The van der Waals surface area contributed by atoms with E-state index in [-0.39, 0.29) is 11.6 Å². The van der Waals surface area contributed by atoms with E-state index in [2.05, 4.69) is 16.5 Å². The summed E-state index contributed by atoms with van der Waals surface area (Å²) in [7, 11) is 0. The van der Waals surface area contributed by atoms with Gasteiger partial charge in [0.05, 0.1) is 17.3 Å². The third-order valence-corrected chi connectivity index (χ3v) is 5.48. The highest BCUT2D eigenvalue weighted by atomic mass is 32.2. The number of nitrogens with zero attached hydrogens (tertiary/aromatic N) is 1. The van der Waals surface area contributed by atoms with E-state index in [0.29, 0.717) is 5.92 Å². The van der Waals surface area contributed by atoms with Crippen molar-refractivity contribution in [2.75, 3.05) is 18.1 Å². The number of hydrazine groups is 1. The fourth-order valence-corrected chi connectivity index (χ4v) is 4.61. The summed E-state index contributed by atoms with van der Waals surface area (Å²) < 4.78 is 6.08. The molecule has 0 aliphatic carbocycles. The first kappa shape index (κ1) is 13.4. The zero-order chi connectivity index (χ0) is 13.1. The summed E-state index contributed by atoms with van der Waals surface area (Å²) in [4.78, 5) is 4.45. The highest BCUT2D eigenvalue weighted by Crippen LogP contribution is 2.43. The molecule has 5 heteroatoms. The van der Waals surface area contributed by atoms with Gasteiger partial charge in [0, 0.05) is 18.6 Å². The van der Waals surface area contributed by atoms with E-state index < -0.39 is 0 Å². The van der Waals surface area contributed by atoms with Crippen molar-refractivity contribution in [3.05, 3.63) is 30.1 Å². The Kier molecular flexibility index (Phi) is 4.07. The van der Waals surface area contributed by atoms with Crippen LogP contribution >= 0.6 is 11.8 Å². The maximum absolute atomic E-state index is 6.08. The van der Waals surface area contributed by atoms with Gasteiger partial charge in [-0.25, -0.2) is 0 Å². The first-order valence-electron chi connectivity index (χ1n) is 6.92. The predicted molar refractivity (Wildman–Crippen MR) is 77.7 cm³/mol. The van der Waals surface area contributed by atoms with Gasteiger partial charge < -0.3 is 4.74 Å². The second-order valence-electron chi connectivity index (χ2n) is 5.49. The Morgan fingerprint density at radius 3 is 3.16 bits per heavy atom. The number of rotatable bonds is 3. The lowest BCUT2D eigenvalue weighted by Crippen LogP contribution is -2.45. The van der Waals surface area contributed by atoms with E-state index in [1.54, 1.807) is 0 Å². The molecule has 3 heterocycles. The molecular weight excluding hydrogens is 258 g/mol. The van der Waals surface area contributed by atoms with E-state index in [1.807, 2.05) is 30.1 Å². The molecule has 2 aliphatic heterocycles. The van der Waals surface area contributed by atoms with Gasteiger partial charge in [0.25, 0.3) is 0 Å². The molecule has 4 nitrogen and oxygen atoms in total. The highest BCUT2D eigenvalue weighted by molar-refractivity contribution is 7.99. The molecule has 2 saturated heterocycles. The van der Waals surface area contributed by atoms with Crippen molar-refractivity contribution in [2.24, 2.45) is 11.8 Å². The number of thioether (sulfide) groups is 1. The molecule has 3 unspecified atom stereocenters. The second kappa shape index (κ2) is 5.79. The number of aromatic nitrogens is 1. The van der Waals surface area contributed by atoms with Crippen LogP contribution in [0.15, 0.2) is 24.4 Å².